The summed E-state index contributed by atoms with van der Waals surface area (Å²) in [6.07, 6.45) is 1.36. The van der Waals surface area contributed by atoms with Crippen LogP contribution in [0.25, 0.3) is 0 Å². The van der Waals surface area contributed by atoms with Gasteiger partial charge in [-0.2, -0.15) is 0 Å². The first kappa shape index (κ1) is 13.7. The van der Waals surface area contributed by atoms with E-state index in [-0.39, 0.29) is 22.6 Å². The normalized spacial score (nSPS) is 13.0. The third-order valence-electron chi connectivity index (χ3n) is 3.11. The van der Waals surface area contributed by atoms with Gasteiger partial charge in [0.15, 0.2) is 0 Å². The van der Waals surface area contributed by atoms with Crippen molar-refractivity contribution >= 4 is 17.8 Å². The van der Waals surface area contributed by atoms with E-state index in [9.17, 15) is 14.4 Å². The molecule has 3 rings (SSSR count). The van der Waals surface area contributed by atoms with E-state index in [1.54, 1.807) is 12.1 Å². The summed E-state index contributed by atoms with van der Waals surface area (Å²) in [5.74, 6) is -1.98. The van der Waals surface area contributed by atoms with Crippen LogP contribution >= 0.6 is 0 Å². The first-order valence-corrected chi connectivity index (χ1v) is 6.32. The minimum atomic E-state index is -0.852. The van der Waals surface area contributed by atoms with E-state index in [0.29, 0.717) is 5.06 Å². The Hall–Kier alpha value is -3.22. The zero-order valence-electron chi connectivity index (χ0n) is 11.5. The van der Waals surface area contributed by atoms with E-state index in [2.05, 4.69) is 4.98 Å². The summed E-state index contributed by atoms with van der Waals surface area (Å²) >= 11 is 0. The van der Waals surface area contributed by atoms with E-state index in [0.717, 1.165) is 0 Å². The predicted molar refractivity (Wildman–Crippen MR) is 73.1 cm³/mol. The number of imide groups is 1. The summed E-state index contributed by atoms with van der Waals surface area (Å²) in [4.78, 5) is 45.0. The van der Waals surface area contributed by atoms with Crippen LogP contribution in [-0.4, -0.2) is 34.9 Å². The van der Waals surface area contributed by atoms with E-state index < -0.39 is 17.8 Å². The highest BCUT2D eigenvalue weighted by Gasteiger charge is 2.38. The van der Waals surface area contributed by atoms with Crippen LogP contribution in [-0.2, 0) is 4.84 Å². The van der Waals surface area contributed by atoms with Crippen molar-refractivity contribution in [3.63, 3.8) is 0 Å². The molecule has 0 fully saturated rings. The fraction of sp³-hybridized carbons (Fsp3) is 0.0667. The van der Waals surface area contributed by atoms with Gasteiger partial charge in [0.1, 0.15) is 0 Å². The van der Waals surface area contributed by atoms with Gasteiger partial charge >= 0.3 is 5.97 Å². The molecule has 2 heterocycles. The molecule has 1 aliphatic rings. The lowest BCUT2D eigenvalue weighted by Gasteiger charge is -2.12. The second-order valence-corrected chi connectivity index (χ2v) is 4.42. The molecule has 0 atom stereocenters. The Bertz CT molecular complexity index is 752. The number of rotatable bonds is 3. The number of hydrogen-bond acceptors (Lipinski definition) is 6. The van der Waals surface area contributed by atoms with Crippen molar-refractivity contribution in [3.05, 3.63) is 59.3 Å². The lowest BCUT2D eigenvalue weighted by Crippen LogP contribution is -2.32. The summed E-state index contributed by atoms with van der Waals surface area (Å²) in [5, 5.41) is 0.458. The zero-order chi connectivity index (χ0) is 15.7. The summed E-state index contributed by atoms with van der Waals surface area (Å²) in [6.45, 7) is 0. The lowest BCUT2D eigenvalue weighted by atomic mass is 10.1. The summed E-state index contributed by atoms with van der Waals surface area (Å²) in [5.41, 5.74) is 0.517. The predicted octanol–water partition coefficient (Wildman–Crippen LogP) is 1.46. The number of amides is 2. The lowest BCUT2D eigenvalue weighted by molar-refractivity contribution is -0.0584. The molecule has 7 heteroatoms. The van der Waals surface area contributed by atoms with E-state index in [4.69, 9.17) is 9.57 Å². The SMILES string of the molecule is COc1cc(C(=O)ON2C(=O)c3ccccc3C2=O)ccn1. The van der Waals surface area contributed by atoms with Gasteiger partial charge in [0.05, 0.1) is 23.8 Å². The molecule has 0 unspecified atom stereocenters. The second-order valence-electron chi connectivity index (χ2n) is 4.42. The van der Waals surface area contributed by atoms with Crippen LogP contribution in [0.5, 0.6) is 5.88 Å². The Labute approximate surface area is 125 Å². The van der Waals surface area contributed by atoms with Crippen molar-refractivity contribution in [2.24, 2.45) is 0 Å². The van der Waals surface area contributed by atoms with Crippen molar-refractivity contribution in [2.45, 2.75) is 0 Å². The molecule has 0 spiro atoms. The van der Waals surface area contributed by atoms with Gasteiger partial charge in [0.25, 0.3) is 11.8 Å². The van der Waals surface area contributed by atoms with Crippen LogP contribution < -0.4 is 4.74 Å². The first-order valence-electron chi connectivity index (χ1n) is 6.32. The van der Waals surface area contributed by atoms with Crippen molar-refractivity contribution in [1.29, 1.82) is 0 Å². The smallest absolute Gasteiger partial charge is 0.364 e. The van der Waals surface area contributed by atoms with Gasteiger partial charge in [-0.05, 0) is 18.2 Å². The monoisotopic (exact) mass is 298 g/mol. The average Bonchev–Trinajstić information content (AvgIpc) is 2.80. The van der Waals surface area contributed by atoms with E-state index in [1.165, 1.54) is 37.6 Å². The summed E-state index contributed by atoms with van der Waals surface area (Å²) < 4.78 is 4.90. The van der Waals surface area contributed by atoms with Gasteiger partial charge in [-0.15, -0.1) is 0 Å². The number of carbonyl (C=O) groups excluding carboxylic acids is 3. The number of aromatic nitrogens is 1. The molecule has 110 valence electrons. The quantitative estimate of drug-likeness (QED) is 0.797. The molecule has 1 aromatic carbocycles. The molecule has 0 saturated carbocycles. The minimum absolute atomic E-state index is 0.114. The molecule has 0 N–H and O–H groups in total. The van der Waals surface area contributed by atoms with Gasteiger partial charge in [0, 0.05) is 12.3 Å². The van der Waals surface area contributed by atoms with Gasteiger partial charge in [-0.1, -0.05) is 17.2 Å². The number of methoxy groups -OCH3 is 1. The van der Waals surface area contributed by atoms with Crippen molar-refractivity contribution in [1.82, 2.24) is 10.0 Å². The summed E-state index contributed by atoms with van der Waals surface area (Å²) in [6, 6.07) is 8.99. The van der Waals surface area contributed by atoms with Crippen molar-refractivity contribution in [3.8, 4) is 5.88 Å². The molecule has 0 aliphatic carbocycles. The largest absolute Gasteiger partial charge is 0.481 e. The minimum Gasteiger partial charge on any atom is -0.481 e. The Morgan fingerprint density at radius 3 is 2.32 bits per heavy atom. The average molecular weight is 298 g/mol. The number of carbonyl (C=O) groups is 3. The van der Waals surface area contributed by atoms with Crippen LogP contribution in [0.1, 0.15) is 31.1 Å². The van der Waals surface area contributed by atoms with Crippen LogP contribution in [0.3, 0.4) is 0 Å². The number of benzene rings is 1. The van der Waals surface area contributed by atoms with Crippen LogP contribution in [0.15, 0.2) is 42.6 Å². The highest BCUT2D eigenvalue weighted by atomic mass is 16.7. The van der Waals surface area contributed by atoms with Gasteiger partial charge < -0.3 is 9.57 Å². The molecular formula is C15H10N2O5. The van der Waals surface area contributed by atoms with Crippen molar-refractivity contribution in [2.75, 3.05) is 7.11 Å². The first-order chi connectivity index (χ1) is 10.6. The highest BCUT2D eigenvalue weighted by Crippen LogP contribution is 2.23. The molecule has 1 aromatic heterocycles. The Balaban J connectivity index is 1.84. The number of hydrogen-bond donors (Lipinski definition) is 0. The zero-order valence-corrected chi connectivity index (χ0v) is 11.5. The third-order valence-corrected chi connectivity index (χ3v) is 3.11. The maximum Gasteiger partial charge on any atom is 0.364 e. The van der Waals surface area contributed by atoms with E-state index in [1.807, 2.05) is 0 Å². The number of nitrogens with zero attached hydrogens (tertiary/aromatic N) is 2. The molecule has 1 aliphatic heterocycles. The topological polar surface area (TPSA) is 85.8 Å². The molecule has 2 amide bonds. The molecule has 0 bridgehead atoms. The van der Waals surface area contributed by atoms with Crippen molar-refractivity contribution < 1.29 is 24.0 Å². The molecule has 7 nitrogen and oxygen atoms in total. The van der Waals surface area contributed by atoms with E-state index >= 15 is 0 Å². The fourth-order valence-electron chi connectivity index (χ4n) is 2.03. The number of hydroxylamine groups is 2. The molecule has 2 aromatic rings. The molecule has 22 heavy (non-hydrogen) atoms. The standard InChI is InChI=1S/C15H10N2O5/c1-21-12-8-9(6-7-16-12)15(20)22-17-13(18)10-4-2-3-5-11(10)14(17)19/h2-8H,1H3. The molecule has 0 radical (unpaired) electrons. The second kappa shape index (κ2) is 5.28. The van der Waals surface area contributed by atoms with Gasteiger partial charge in [-0.3, -0.25) is 9.59 Å². The molecule has 0 saturated heterocycles. The van der Waals surface area contributed by atoms with Crippen LogP contribution in [0, 0.1) is 0 Å². The van der Waals surface area contributed by atoms with Gasteiger partial charge in [-0.25, -0.2) is 9.78 Å². The summed E-state index contributed by atoms with van der Waals surface area (Å²) in [7, 11) is 1.40. The highest BCUT2D eigenvalue weighted by molar-refractivity contribution is 6.21. The Morgan fingerprint density at radius 2 is 1.73 bits per heavy atom. The third kappa shape index (κ3) is 2.18. The number of pyridine rings is 1. The van der Waals surface area contributed by atoms with Crippen LogP contribution in [0.4, 0.5) is 0 Å². The Morgan fingerprint density at radius 1 is 1.09 bits per heavy atom. The maximum atomic E-state index is 12.1. The number of ether oxygens (including phenoxy) is 1. The fourth-order valence-corrected chi connectivity index (χ4v) is 2.03. The van der Waals surface area contributed by atoms with Gasteiger partial charge in [0.2, 0.25) is 5.88 Å². The van der Waals surface area contributed by atoms with Crippen LogP contribution in [0.2, 0.25) is 0 Å². The Kier molecular flexibility index (Phi) is 3.30. The maximum absolute atomic E-state index is 12.1. The number of fused-ring (bicyclic) bond motifs is 1. The molecular weight excluding hydrogens is 288 g/mol.